The van der Waals surface area contributed by atoms with Crippen molar-refractivity contribution in [3.8, 4) is 5.75 Å². The number of ether oxygens (including phenoxy) is 1. The van der Waals surface area contributed by atoms with Gasteiger partial charge in [0.25, 0.3) is 0 Å². The highest BCUT2D eigenvalue weighted by molar-refractivity contribution is 9.10. The van der Waals surface area contributed by atoms with Crippen LogP contribution in [0.3, 0.4) is 0 Å². The van der Waals surface area contributed by atoms with E-state index in [1.165, 1.54) is 12.1 Å². The van der Waals surface area contributed by atoms with E-state index >= 15 is 0 Å². The Kier molecular flexibility index (Phi) is 4.39. The standard InChI is InChI=1S/C13H9BrClNO3/c14-10-6-13(12(16(17)18)7-11(10)15)19-8-9-4-2-1-3-5-9/h1-7H,8H2. The summed E-state index contributed by atoms with van der Waals surface area (Å²) in [4.78, 5) is 10.4. The molecule has 0 amide bonds. The second-order valence-electron chi connectivity index (χ2n) is 3.77. The lowest BCUT2D eigenvalue weighted by Crippen LogP contribution is -1.99. The van der Waals surface area contributed by atoms with Gasteiger partial charge in [-0.3, -0.25) is 10.1 Å². The smallest absolute Gasteiger partial charge is 0.312 e. The van der Waals surface area contributed by atoms with E-state index in [0.29, 0.717) is 4.47 Å². The third kappa shape index (κ3) is 3.45. The van der Waals surface area contributed by atoms with Crippen LogP contribution in [-0.4, -0.2) is 4.92 Å². The van der Waals surface area contributed by atoms with Gasteiger partial charge in [-0.2, -0.15) is 0 Å². The van der Waals surface area contributed by atoms with Gasteiger partial charge in [-0.05, 0) is 21.5 Å². The van der Waals surface area contributed by atoms with E-state index < -0.39 is 4.92 Å². The molecule has 2 aromatic rings. The molecule has 0 aliphatic rings. The highest BCUT2D eigenvalue weighted by Gasteiger charge is 2.18. The van der Waals surface area contributed by atoms with Gasteiger partial charge in [0, 0.05) is 16.6 Å². The second-order valence-corrected chi connectivity index (χ2v) is 5.03. The molecule has 0 saturated carbocycles. The summed E-state index contributed by atoms with van der Waals surface area (Å²) in [5.74, 6) is 0.185. The first-order chi connectivity index (χ1) is 9.08. The Hall–Kier alpha value is -1.59. The average molecular weight is 343 g/mol. The van der Waals surface area contributed by atoms with Crippen LogP contribution in [0.5, 0.6) is 5.75 Å². The normalized spacial score (nSPS) is 10.2. The summed E-state index contributed by atoms with van der Waals surface area (Å²) < 4.78 is 6.05. The lowest BCUT2D eigenvalue weighted by molar-refractivity contribution is -0.385. The van der Waals surface area contributed by atoms with Gasteiger partial charge < -0.3 is 4.74 Å². The van der Waals surface area contributed by atoms with E-state index in [1.807, 2.05) is 30.3 Å². The maximum Gasteiger partial charge on any atom is 0.312 e. The van der Waals surface area contributed by atoms with Gasteiger partial charge in [-0.1, -0.05) is 41.9 Å². The molecule has 0 N–H and O–H groups in total. The van der Waals surface area contributed by atoms with Crippen molar-refractivity contribution >= 4 is 33.2 Å². The van der Waals surface area contributed by atoms with Crippen molar-refractivity contribution < 1.29 is 9.66 Å². The molecule has 19 heavy (non-hydrogen) atoms. The molecule has 0 bridgehead atoms. The Morgan fingerprint density at radius 2 is 1.95 bits per heavy atom. The lowest BCUT2D eigenvalue weighted by Gasteiger charge is -2.08. The van der Waals surface area contributed by atoms with E-state index in [0.717, 1.165) is 5.56 Å². The van der Waals surface area contributed by atoms with Gasteiger partial charge in [0.05, 0.1) is 9.95 Å². The van der Waals surface area contributed by atoms with Crippen molar-refractivity contribution in [1.29, 1.82) is 0 Å². The van der Waals surface area contributed by atoms with E-state index in [-0.39, 0.29) is 23.1 Å². The summed E-state index contributed by atoms with van der Waals surface area (Å²) in [5, 5.41) is 11.2. The molecule has 6 heteroatoms. The van der Waals surface area contributed by atoms with Gasteiger partial charge in [0.2, 0.25) is 0 Å². The van der Waals surface area contributed by atoms with Gasteiger partial charge in [0.15, 0.2) is 5.75 Å². The molecule has 0 saturated heterocycles. The first-order valence-corrected chi connectivity index (χ1v) is 6.55. The van der Waals surface area contributed by atoms with Crippen LogP contribution in [-0.2, 0) is 6.61 Å². The van der Waals surface area contributed by atoms with Crippen LogP contribution >= 0.6 is 27.5 Å². The van der Waals surface area contributed by atoms with Gasteiger partial charge in [-0.25, -0.2) is 0 Å². The number of hydrogen-bond acceptors (Lipinski definition) is 3. The molecule has 0 heterocycles. The quantitative estimate of drug-likeness (QED) is 0.603. The Balaban J connectivity index is 2.24. The minimum atomic E-state index is -0.515. The third-order valence-electron chi connectivity index (χ3n) is 2.44. The zero-order chi connectivity index (χ0) is 13.8. The van der Waals surface area contributed by atoms with Crippen LogP contribution in [0, 0.1) is 10.1 Å². The summed E-state index contributed by atoms with van der Waals surface area (Å²) in [6.07, 6.45) is 0. The molecule has 98 valence electrons. The molecule has 0 atom stereocenters. The number of benzene rings is 2. The van der Waals surface area contributed by atoms with Crippen molar-refractivity contribution in [1.82, 2.24) is 0 Å². The average Bonchev–Trinajstić information content (AvgIpc) is 2.40. The van der Waals surface area contributed by atoms with Crippen LogP contribution in [0.15, 0.2) is 46.9 Å². The molecule has 0 fully saturated rings. The van der Waals surface area contributed by atoms with Crippen molar-refractivity contribution in [2.45, 2.75) is 6.61 Å². The second kappa shape index (κ2) is 6.04. The SMILES string of the molecule is O=[N+]([O-])c1cc(Cl)c(Br)cc1OCc1ccccc1. The number of rotatable bonds is 4. The molecule has 0 aliphatic carbocycles. The molecular weight excluding hydrogens is 334 g/mol. The number of nitro benzene ring substituents is 1. The minimum absolute atomic E-state index is 0.149. The molecule has 4 nitrogen and oxygen atoms in total. The van der Waals surface area contributed by atoms with E-state index in [4.69, 9.17) is 16.3 Å². The maximum atomic E-state index is 10.9. The fraction of sp³-hybridized carbons (Fsp3) is 0.0769. The Labute approximate surface area is 123 Å². The van der Waals surface area contributed by atoms with Crippen LogP contribution < -0.4 is 4.74 Å². The Morgan fingerprint density at radius 3 is 2.58 bits per heavy atom. The van der Waals surface area contributed by atoms with E-state index in [1.54, 1.807) is 0 Å². The van der Waals surface area contributed by atoms with E-state index in [2.05, 4.69) is 15.9 Å². The molecule has 2 aromatic carbocycles. The van der Waals surface area contributed by atoms with Crippen LogP contribution in [0.2, 0.25) is 5.02 Å². The van der Waals surface area contributed by atoms with Crippen LogP contribution in [0.25, 0.3) is 0 Å². The molecule has 2 rings (SSSR count). The first-order valence-electron chi connectivity index (χ1n) is 5.38. The predicted molar refractivity (Wildman–Crippen MR) is 76.6 cm³/mol. The topological polar surface area (TPSA) is 52.4 Å². The van der Waals surface area contributed by atoms with Crippen LogP contribution in [0.4, 0.5) is 5.69 Å². The zero-order valence-corrected chi connectivity index (χ0v) is 12.0. The summed E-state index contributed by atoms with van der Waals surface area (Å²) in [6, 6.07) is 12.2. The Bertz CT molecular complexity index is 604. The molecule has 0 aliphatic heterocycles. The summed E-state index contributed by atoms with van der Waals surface area (Å²) in [6.45, 7) is 0.260. The summed E-state index contributed by atoms with van der Waals surface area (Å²) in [5.41, 5.74) is 0.784. The van der Waals surface area contributed by atoms with Gasteiger partial charge in [0.1, 0.15) is 6.61 Å². The van der Waals surface area contributed by atoms with Crippen molar-refractivity contribution in [2.75, 3.05) is 0 Å². The molecule has 0 radical (unpaired) electrons. The fourth-order valence-corrected chi connectivity index (χ4v) is 1.99. The minimum Gasteiger partial charge on any atom is -0.482 e. The predicted octanol–water partition coefficient (Wildman–Crippen LogP) is 4.59. The number of nitrogens with zero attached hydrogens (tertiary/aromatic N) is 1. The zero-order valence-electron chi connectivity index (χ0n) is 9.68. The molecule has 0 unspecified atom stereocenters. The monoisotopic (exact) mass is 341 g/mol. The van der Waals surface area contributed by atoms with Gasteiger partial charge >= 0.3 is 5.69 Å². The van der Waals surface area contributed by atoms with Crippen LogP contribution in [0.1, 0.15) is 5.56 Å². The highest BCUT2D eigenvalue weighted by Crippen LogP contribution is 2.36. The number of halogens is 2. The lowest BCUT2D eigenvalue weighted by atomic mass is 10.2. The third-order valence-corrected chi connectivity index (χ3v) is 3.63. The largest absolute Gasteiger partial charge is 0.482 e. The highest BCUT2D eigenvalue weighted by atomic mass is 79.9. The number of nitro groups is 1. The van der Waals surface area contributed by atoms with E-state index in [9.17, 15) is 10.1 Å². The van der Waals surface area contributed by atoms with Gasteiger partial charge in [-0.15, -0.1) is 0 Å². The maximum absolute atomic E-state index is 10.9. The van der Waals surface area contributed by atoms with Crippen molar-refractivity contribution in [3.63, 3.8) is 0 Å². The summed E-state index contributed by atoms with van der Waals surface area (Å²) in [7, 11) is 0. The molecular formula is C13H9BrClNO3. The molecule has 0 spiro atoms. The fourth-order valence-electron chi connectivity index (χ4n) is 1.51. The first kappa shape index (κ1) is 13.8. The Morgan fingerprint density at radius 1 is 1.26 bits per heavy atom. The molecule has 0 aromatic heterocycles. The summed E-state index contributed by atoms with van der Waals surface area (Å²) >= 11 is 9.06. The van der Waals surface area contributed by atoms with Crippen molar-refractivity contribution in [2.24, 2.45) is 0 Å². The number of hydrogen-bond donors (Lipinski definition) is 0. The van der Waals surface area contributed by atoms with Crippen molar-refractivity contribution in [3.05, 3.63) is 67.6 Å².